The van der Waals surface area contributed by atoms with E-state index in [2.05, 4.69) is 28.6 Å². The van der Waals surface area contributed by atoms with Gasteiger partial charge in [-0.15, -0.1) is 0 Å². The van der Waals surface area contributed by atoms with Crippen LogP contribution in [0.3, 0.4) is 0 Å². The Balaban J connectivity index is 2.16. The molecular weight excluding hydrogens is 288 g/mol. The van der Waals surface area contributed by atoms with Crippen molar-refractivity contribution in [2.45, 2.75) is 23.8 Å². The Labute approximate surface area is 127 Å². The van der Waals surface area contributed by atoms with Gasteiger partial charge in [0.25, 0.3) is 0 Å². The average molecular weight is 312 g/mol. The van der Waals surface area contributed by atoms with Gasteiger partial charge >= 0.3 is 0 Å². The van der Waals surface area contributed by atoms with Gasteiger partial charge in [0.15, 0.2) is 0 Å². The number of benzene rings is 1. The fourth-order valence-corrected chi connectivity index (χ4v) is 3.49. The van der Waals surface area contributed by atoms with Crippen LogP contribution < -0.4 is 15.4 Å². The molecule has 0 atom stereocenters. The van der Waals surface area contributed by atoms with E-state index in [0.29, 0.717) is 11.7 Å². The molecule has 2 rings (SSSR count). The first kappa shape index (κ1) is 16.1. The highest BCUT2D eigenvalue weighted by Gasteiger charge is 2.22. The zero-order chi connectivity index (χ0) is 15.6. The molecule has 0 saturated carbocycles. The van der Waals surface area contributed by atoms with Crippen LogP contribution in [0.2, 0.25) is 0 Å². The molecule has 7 heteroatoms. The van der Waals surface area contributed by atoms with Crippen LogP contribution in [0, 0.1) is 0 Å². The molecule has 1 aliphatic rings. The molecule has 118 valence electrons. The lowest BCUT2D eigenvalue weighted by Crippen LogP contribution is -2.42. The number of nitrogens with two attached hydrogens (primary N) is 1. The smallest absolute Gasteiger partial charge is 0.240 e. The molecule has 1 heterocycles. The Morgan fingerprint density at radius 2 is 1.90 bits per heavy atom. The normalized spacial score (nSPS) is 17.4. The molecule has 6 nitrogen and oxygen atoms in total. The molecule has 0 unspecified atom stereocenters. The number of nitrogens with zero attached hydrogens (tertiary/aromatic N) is 2. The van der Waals surface area contributed by atoms with Crippen LogP contribution in [0.25, 0.3) is 0 Å². The molecule has 3 N–H and O–H groups in total. The second-order valence-electron chi connectivity index (χ2n) is 5.61. The van der Waals surface area contributed by atoms with Crippen LogP contribution in [0.4, 0.5) is 11.4 Å². The number of nitrogens with one attached hydrogen (secondary N) is 1. The number of nitrogen functional groups attached to an aromatic ring is 1. The minimum absolute atomic E-state index is 0.203. The van der Waals surface area contributed by atoms with Gasteiger partial charge in [-0.25, -0.2) is 13.1 Å². The highest BCUT2D eigenvalue weighted by Crippen LogP contribution is 2.29. The van der Waals surface area contributed by atoms with Crippen molar-refractivity contribution in [2.75, 3.05) is 44.9 Å². The molecule has 1 aromatic carbocycles. The molecule has 0 amide bonds. The molecule has 0 aliphatic carbocycles. The van der Waals surface area contributed by atoms with Crippen LogP contribution in [-0.2, 0) is 10.0 Å². The third-order valence-corrected chi connectivity index (χ3v) is 5.53. The van der Waals surface area contributed by atoms with E-state index in [0.717, 1.165) is 31.6 Å². The van der Waals surface area contributed by atoms with E-state index < -0.39 is 10.0 Å². The van der Waals surface area contributed by atoms with Crippen molar-refractivity contribution in [3.05, 3.63) is 18.2 Å². The quantitative estimate of drug-likeness (QED) is 0.801. The molecular formula is C14H24N4O2S. The van der Waals surface area contributed by atoms with Crippen LogP contribution in [0.15, 0.2) is 23.1 Å². The first-order valence-electron chi connectivity index (χ1n) is 7.09. The molecule has 1 saturated heterocycles. The number of anilines is 2. The lowest BCUT2D eigenvalue weighted by atomic mass is 10.0. The molecule has 0 bridgehead atoms. The maximum Gasteiger partial charge on any atom is 0.240 e. The largest absolute Gasteiger partial charge is 0.397 e. The Morgan fingerprint density at radius 3 is 2.38 bits per heavy atom. The van der Waals surface area contributed by atoms with Gasteiger partial charge in [-0.2, -0.15) is 0 Å². The Morgan fingerprint density at radius 1 is 1.29 bits per heavy atom. The molecule has 0 spiro atoms. The van der Waals surface area contributed by atoms with Crippen LogP contribution in [-0.4, -0.2) is 53.6 Å². The zero-order valence-electron chi connectivity index (χ0n) is 12.8. The van der Waals surface area contributed by atoms with Gasteiger partial charge in [-0.05, 0) is 52.2 Å². The molecule has 0 aromatic heterocycles. The monoisotopic (exact) mass is 312 g/mol. The van der Waals surface area contributed by atoms with E-state index in [9.17, 15) is 8.42 Å². The van der Waals surface area contributed by atoms with Crippen molar-refractivity contribution in [1.82, 2.24) is 9.62 Å². The summed E-state index contributed by atoms with van der Waals surface area (Å²) < 4.78 is 25.8. The van der Waals surface area contributed by atoms with Crippen LogP contribution in [0.1, 0.15) is 12.8 Å². The minimum atomic E-state index is -3.44. The van der Waals surface area contributed by atoms with E-state index in [4.69, 9.17) is 5.73 Å². The summed E-state index contributed by atoms with van der Waals surface area (Å²) in [6, 6.07) is 5.54. The van der Waals surface area contributed by atoms with Gasteiger partial charge in [0.1, 0.15) is 0 Å². The second kappa shape index (κ2) is 6.21. The zero-order valence-corrected chi connectivity index (χ0v) is 13.7. The summed E-state index contributed by atoms with van der Waals surface area (Å²) in [4.78, 5) is 4.68. The lowest BCUT2D eigenvalue weighted by molar-refractivity contribution is 0.250. The van der Waals surface area contributed by atoms with Crippen molar-refractivity contribution in [3.8, 4) is 0 Å². The number of rotatable bonds is 4. The highest BCUT2D eigenvalue weighted by atomic mass is 32.2. The van der Waals surface area contributed by atoms with E-state index >= 15 is 0 Å². The Hall–Kier alpha value is -1.31. The van der Waals surface area contributed by atoms with Crippen molar-refractivity contribution in [2.24, 2.45) is 0 Å². The minimum Gasteiger partial charge on any atom is -0.397 e. The number of sulfonamides is 1. The van der Waals surface area contributed by atoms with Crippen molar-refractivity contribution in [1.29, 1.82) is 0 Å². The second-order valence-corrected chi connectivity index (χ2v) is 7.50. The standard InChI is InChI=1S/C14H24N4O2S/c1-16-21(19,20)12-4-5-14(13(15)10-12)18-8-6-11(7-9-18)17(2)3/h4-5,10-11,16H,6-9,15H2,1-3H3. The van der Waals surface area contributed by atoms with Crippen molar-refractivity contribution < 1.29 is 8.42 Å². The molecule has 0 radical (unpaired) electrons. The topological polar surface area (TPSA) is 78.7 Å². The fourth-order valence-electron chi connectivity index (χ4n) is 2.73. The summed E-state index contributed by atoms with van der Waals surface area (Å²) in [5, 5.41) is 0. The summed E-state index contributed by atoms with van der Waals surface area (Å²) >= 11 is 0. The van der Waals surface area contributed by atoms with E-state index in [1.54, 1.807) is 12.1 Å². The summed E-state index contributed by atoms with van der Waals surface area (Å²) in [5.41, 5.74) is 7.48. The van der Waals surface area contributed by atoms with Gasteiger partial charge in [-0.1, -0.05) is 0 Å². The van der Waals surface area contributed by atoms with E-state index in [1.807, 2.05) is 0 Å². The molecule has 1 aliphatic heterocycles. The fraction of sp³-hybridized carbons (Fsp3) is 0.571. The van der Waals surface area contributed by atoms with E-state index in [-0.39, 0.29) is 4.90 Å². The molecule has 1 aromatic rings. The molecule has 1 fully saturated rings. The van der Waals surface area contributed by atoms with Crippen LogP contribution >= 0.6 is 0 Å². The maximum absolute atomic E-state index is 11.8. The summed E-state index contributed by atoms with van der Waals surface area (Å²) in [5.74, 6) is 0. The van der Waals surface area contributed by atoms with Gasteiger partial charge in [0.05, 0.1) is 16.3 Å². The first-order valence-corrected chi connectivity index (χ1v) is 8.58. The Bertz CT molecular complexity index is 593. The SMILES string of the molecule is CNS(=O)(=O)c1ccc(N2CCC(N(C)C)CC2)c(N)c1. The predicted molar refractivity (Wildman–Crippen MR) is 86.0 cm³/mol. The number of hydrogen-bond donors (Lipinski definition) is 2. The first-order chi connectivity index (χ1) is 9.85. The lowest BCUT2D eigenvalue weighted by Gasteiger charge is -2.37. The van der Waals surface area contributed by atoms with Crippen molar-refractivity contribution >= 4 is 21.4 Å². The number of piperidine rings is 1. The van der Waals surface area contributed by atoms with Crippen LogP contribution in [0.5, 0.6) is 0 Å². The van der Waals surface area contributed by atoms with Gasteiger partial charge < -0.3 is 15.5 Å². The van der Waals surface area contributed by atoms with E-state index in [1.165, 1.54) is 13.1 Å². The maximum atomic E-state index is 11.8. The predicted octanol–water partition coefficient (Wildman–Crippen LogP) is 0.707. The summed E-state index contributed by atoms with van der Waals surface area (Å²) in [7, 11) is 2.16. The average Bonchev–Trinajstić information content (AvgIpc) is 2.47. The Kier molecular flexibility index (Phi) is 4.75. The summed E-state index contributed by atoms with van der Waals surface area (Å²) in [6.45, 7) is 1.87. The van der Waals surface area contributed by atoms with Gasteiger partial charge in [0.2, 0.25) is 10.0 Å². The van der Waals surface area contributed by atoms with Gasteiger partial charge in [-0.3, -0.25) is 0 Å². The third-order valence-electron chi connectivity index (χ3n) is 4.11. The molecule has 21 heavy (non-hydrogen) atoms. The number of hydrogen-bond acceptors (Lipinski definition) is 5. The summed E-state index contributed by atoms with van der Waals surface area (Å²) in [6.07, 6.45) is 2.17. The van der Waals surface area contributed by atoms with Gasteiger partial charge in [0, 0.05) is 19.1 Å². The highest BCUT2D eigenvalue weighted by molar-refractivity contribution is 7.89. The van der Waals surface area contributed by atoms with Crippen molar-refractivity contribution in [3.63, 3.8) is 0 Å². The third kappa shape index (κ3) is 3.48.